The van der Waals surface area contributed by atoms with Crippen LogP contribution in [0.5, 0.6) is 0 Å². The summed E-state index contributed by atoms with van der Waals surface area (Å²) in [6.45, 7) is 4.91. The van der Waals surface area contributed by atoms with E-state index >= 15 is 0 Å². The third kappa shape index (κ3) is 5.89. The predicted molar refractivity (Wildman–Crippen MR) is 41.1 cm³/mol. The molecule has 60 valence electrons. The summed E-state index contributed by atoms with van der Waals surface area (Å²) in [5.41, 5.74) is 0. The summed E-state index contributed by atoms with van der Waals surface area (Å²) in [5, 5.41) is -0.0369. The molecule has 0 aromatic carbocycles. The number of hydrogen-bond donors (Lipinski definition) is 0. The largest absolute Gasteiger partial charge is 0.466 e. The minimum Gasteiger partial charge on any atom is -0.466 e. The third-order valence-electron chi connectivity index (χ3n) is 1.07. The van der Waals surface area contributed by atoms with E-state index in [1.54, 1.807) is 0 Å². The quantitative estimate of drug-likeness (QED) is 0.458. The van der Waals surface area contributed by atoms with Gasteiger partial charge in [0.1, 0.15) is 6.61 Å². The van der Waals surface area contributed by atoms with Crippen LogP contribution in [0.25, 0.3) is 0 Å². The van der Waals surface area contributed by atoms with Gasteiger partial charge in [-0.15, -0.1) is 11.6 Å². The van der Waals surface area contributed by atoms with Gasteiger partial charge in [-0.2, -0.15) is 0 Å². The van der Waals surface area contributed by atoms with Gasteiger partial charge in [0.15, 0.2) is 0 Å². The summed E-state index contributed by atoms with van der Waals surface area (Å²) >= 11 is 5.77. The van der Waals surface area contributed by atoms with Gasteiger partial charge in [-0.25, -0.2) is 0 Å². The molecule has 2 nitrogen and oxygen atoms in total. The first kappa shape index (κ1) is 9.76. The third-order valence-corrected chi connectivity index (χ3v) is 1.38. The zero-order valence-electron chi connectivity index (χ0n) is 6.34. The molecule has 0 fully saturated rings. The normalized spacial score (nSPS) is 13.2. The molecule has 0 aliphatic carbocycles. The zero-order chi connectivity index (χ0) is 7.98. The van der Waals surface area contributed by atoms with E-state index in [-0.39, 0.29) is 5.38 Å². The molecule has 0 saturated carbocycles. The number of hydrogen-bond acceptors (Lipinski definition) is 2. The highest BCUT2D eigenvalue weighted by atomic mass is 35.5. The molecule has 0 amide bonds. The minimum absolute atomic E-state index is 0.0369. The number of halogens is 1. The number of ether oxygens (including phenoxy) is 1. The van der Waals surface area contributed by atoms with Crippen molar-refractivity contribution in [3.63, 3.8) is 0 Å². The van der Waals surface area contributed by atoms with E-state index < -0.39 is 0 Å². The first-order valence-corrected chi connectivity index (χ1v) is 3.79. The minimum atomic E-state index is -0.0369. The molecule has 1 unspecified atom stereocenters. The van der Waals surface area contributed by atoms with Gasteiger partial charge < -0.3 is 4.74 Å². The SMILES string of the molecule is CC(C)CC(Cl)COC=O. The second-order valence-corrected chi connectivity index (χ2v) is 3.27. The molecule has 10 heavy (non-hydrogen) atoms. The Balaban J connectivity index is 3.24. The van der Waals surface area contributed by atoms with Gasteiger partial charge in [0, 0.05) is 0 Å². The Morgan fingerprint density at radius 3 is 2.60 bits per heavy atom. The molecular weight excluding hydrogens is 152 g/mol. The van der Waals surface area contributed by atoms with Gasteiger partial charge in [-0.3, -0.25) is 4.79 Å². The van der Waals surface area contributed by atoms with Crippen LogP contribution in [0.2, 0.25) is 0 Å². The van der Waals surface area contributed by atoms with Crippen molar-refractivity contribution in [2.75, 3.05) is 6.61 Å². The fourth-order valence-electron chi connectivity index (χ4n) is 0.723. The Morgan fingerprint density at radius 1 is 1.60 bits per heavy atom. The average molecular weight is 165 g/mol. The fraction of sp³-hybridized carbons (Fsp3) is 0.857. The average Bonchev–Trinajstić information content (AvgIpc) is 1.82. The van der Waals surface area contributed by atoms with Crippen LogP contribution in [0, 0.1) is 5.92 Å². The van der Waals surface area contributed by atoms with Crippen LogP contribution in [0.4, 0.5) is 0 Å². The molecule has 0 aliphatic heterocycles. The molecule has 0 aromatic heterocycles. The summed E-state index contributed by atoms with van der Waals surface area (Å²) in [6.07, 6.45) is 0.884. The lowest BCUT2D eigenvalue weighted by Gasteiger charge is -2.09. The van der Waals surface area contributed by atoms with Crippen molar-refractivity contribution >= 4 is 18.1 Å². The summed E-state index contributed by atoms with van der Waals surface area (Å²) in [4.78, 5) is 9.71. The molecular formula is C7H13ClO2. The van der Waals surface area contributed by atoms with E-state index in [9.17, 15) is 4.79 Å². The highest BCUT2D eigenvalue weighted by molar-refractivity contribution is 6.20. The zero-order valence-corrected chi connectivity index (χ0v) is 7.10. The number of rotatable bonds is 5. The van der Waals surface area contributed by atoms with E-state index in [2.05, 4.69) is 18.6 Å². The van der Waals surface area contributed by atoms with E-state index in [4.69, 9.17) is 11.6 Å². The molecule has 0 heterocycles. The first-order valence-electron chi connectivity index (χ1n) is 3.36. The summed E-state index contributed by atoms with van der Waals surface area (Å²) in [5.74, 6) is 0.553. The molecule has 0 spiro atoms. The highest BCUT2D eigenvalue weighted by Crippen LogP contribution is 2.10. The Hall–Kier alpha value is -0.240. The lowest BCUT2D eigenvalue weighted by Crippen LogP contribution is -2.10. The Morgan fingerprint density at radius 2 is 2.20 bits per heavy atom. The standard InChI is InChI=1S/C7H13ClO2/c1-6(2)3-7(8)4-10-5-9/h5-7H,3-4H2,1-2H3. The van der Waals surface area contributed by atoms with E-state index in [0.29, 0.717) is 19.0 Å². The Bertz CT molecular complexity index is 93.6. The van der Waals surface area contributed by atoms with Gasteiger partial charge in [0.05, 0.1) is 5.38 Å². The van der Waals surface area contributed by atoms with Crippen LogP contribution < -0.4 is 0 Å². The summed E-state index contributed by atoms with van der Waals surface area (Å²) < 4.78 is 4.48. The first-order chi connectivity index (χ1) is 4.66. The van der Waals surface area contributed by atoms with Crippen molar-refractivity contribution < 1.29 is 9.53 Å². The van der Waals surface area contributed by atoms with Crippen LogP contribution in [0.1, 0.15) is 20.3 Å². The second-order valence-electron chi connectivity index (χ2n) is 2.66. The van der Waals surface area contributed by atoms with Crippen molar-refractivity contribution in [2.45, 2.75) is 25.6 Å². The van der Waals surface area contributed by atoms with Crippen LogP contribution in [-0.2, 0) is 9.53 Å². The molecule has 0 N–H and O–H groups in total. The van der Waals surface area contributed by atoms with E-state index in [1.165, 1.54) is 0 Å². The lowest BCUT2D eigenvalue weighted by molar-refractivity contribution is -0.128. The van der Waals surface area contributed by atoms with Gasteiger partial charge in [-0.1, -0.05) is 13.8 Å². The monoisotopic (exact) mass is 164 g/mol. The maximum Gasteiger partial charge on any atom is 0.293 e. The van der Waals surface area contributed by atoms with E-state index in [1.807, 2.05) is 0 Å². The molecule has 1 atom stereocenters. The molecule has 0 aliphatic rings. The predicted octanol–water partition coefficient (Wildman–Crippen LogP) is 1.81. The van der Waals surface area contributed by atoms with Crippen LogP contribution in [-0.4, -0.2) is 18.5 Å². The van der Waals surface area contributed by atoms with Gasteiger partial charge in [0.25, 0.3) is 6.47 Å². The molecule has 0 radical (unpaired) electrons. The smallest absolute Gasteiger partial charge is 0.293 e. The topological polar surface area (TPSA) is 26.3 Å². The van der Waals surface area contributed by atoms with Gasteiger partial charge >= 0.3 is 0 Å². The van der Waals surface area contributed by atoms with Crippen molar-refractivity contribution in [3.8, 4) is 0 Å². The van der Waals surface area contributed by atoms with Gasteiger partial charge in [-0.05, 0) is 12.3 Å². The molecule has 0 bridgehead atoms. The van der Waals surface area contributed by atoms with Crippen LogP contribution >= 0.6 is 11.6 Å². The van der Waals surface area contributed by atoms with Crippen LogP contribution in [0.3, 0.4) is 0 Å². The van der Waals surface area contributed by atoms with Crippen molar-refractivity contribution in [1.82, 2.24) is 0 Å². The van der Waals surface area contributed by atoms with Gasteiger partial charge in [0.2, 0.25) is 0 Å². The lowest BCUT2D eigenvalue weighted by atomic mass is 10.1. The maximum absolute atomic E-state index is 9.71. The van der Waals surface area contributed by atoms with E-state index in [0.717, 1.165) is 6.42 Å². The van der Waals surface area contributed by atoms with Crippen molar-refractivity contribution in [3.05, 3.63) is 0 Å². The molecule has 0 rings (SSSR count). The fourth-order valence-corrected chi connectivity index (χ4v) is 1.15. The maximum atomic E-state index is 9.71. The molecule has 0 aromatic rings. The number of carbonyl (C=O) groups is 1. The van der Waals surface area contributed by atoms with Crippen LogP contribution in [0.15, 0.2) is 0 Å². The Labute approximate surface area is 66.5 Å². The Kier molecular flexibility index (Phi) is 5.40. The van der Waals surface area contributed by atoms with Crippen molar-refractivity contribution in [2.24, 2.45) is 5.92 Å². The number of carbonyl (C=O) groups excluding carboxylic acids is 1. The molecule has 0 saturated heterocycles. The molecule has 3 heteroatoms. The summed E-state index contributed by atoms with van der Waals surface area (Å²) in [7, 11) is 0. The van der Waals surface area contributed by atoms with Crippen molar-refractivity contribution in [1.29, 1.82) is 0 Å². The highest BCUT2D eigenvalue weighted by Gasteiger charge is 2.06. The summed E-state index contributed by atoms with van der Waals surface area (Å²) in [6, 6.07) is 0. The second kappa shape index (κ2) is 5.54. The number of alkyl halides is 1.